The molecule has 1 aliphatic heterocycles. The van der Waals surface area contributed by atoms with Crippen molar-refractivity contribution in [3.05, 3.63) is 52.5 Å². The van der Waals surface area contributed by atoms with E-state index in [4.69, 9.17) is 9.78 Å². The van der Waals surface area contributed by atoms with Gasteiger partial charge in [0.1, 0.15) is 17.5 Å². The minimum atomic E-state index is -0.583. The zero-order valence-electron chi connectivity index (χ0n) is 14.4. The van der Waals surface area contributed by atoms with Crippen molar-refractivity contribution in [2.75, 3.05) is 0 Å². The van der Waals surface area contributed by atoms with Crippen LogP contribution in [0, 0.1) is 11.8 Å². The van der Waals surface area contributed by atoms with Gasteiger partial charge in [0.25, 0.3) is 0 Å². The first-order chi connectivity index (χ1) is 12.0. The van der Waals surface area contributed by atoms with Crippen LogP contribution in [0.15, 0.2) is 46.9 Å². The van der Waals surface area contributed by atoms with Crippen molar-refractivity contribution in [2.45, 2.75) is 38.4 Å². The quantitative estimate of drug-likeness (QED) is 0.639. The van der Waals surface area contributed by atoms with E-state index >= 15 is 0 Å². The summed E-state index contributed by atoms with van der Waals surface area (Å²) in [5.41, 5.74) is 0.543. The van der Waals surface area contributed by atoms with Crippen molar-refractivity contribution in [1.29, 1.82) is 0 Å². The molecule has 0 unspecified atom stereocenters. The second-order valence-electron chi connectivity index (χ2n) is 7.31. The van der Waals surface area contributed by atoms with Crippen molar-refractivity contribution < 1.29 is 14.6 Å². The highest BCUT2D eigenvalue weighted by Crippen LogP contribution is 2.43. The van der Waals surface area contributed by atoms with E-state index in [2.05, 4.69) is 46.3 Å². The van der Waals surface area contributed by atoms with E-state index in [-0.39, 0.29) is 23.7 Å². The summed E-state index contributed by atoms with van der Waals surface area (Å²) in [6.07, 6.45) is 5.45. The molecule has 4 atom stereocenters. The second-order valence-corrected chi connectivity index (χ2v) is 8.16. The van der Waals surface area contributed by atoms with Crippen LogP contribution in [0.1, 0.15) is 32.3 Å². The number of carbonyl (C=O) groups excluding carboxylic acids is 1. The minimum absolute atomic E-state index is 0.0693. The van der Waals surface area contributed by atoms with Crippen molar-refractivity contribution in [2.24, 2.45) is 11.8 Å². The Hall–Kier alpha value is -1.49. The number of carbonyl (C=O) groups is 1. The lowest BCUT2D eigenvalue weighted by Crippen LogP contribution is -2.51. The first-order valence-corrected chi connectivity index (χ1v) is 9.51. The van der Waals surface area contributed by atoms with E-state index in [1.54, 1.807) is 0 Å². The summed E-state index contributed by atoms with van der Waals surface area (Å²) in [5, 5.41) is 2.36. The molecule has 2 aliphatic rings. The number of ketones is 1. The number of benzene rings is 2. The molecule has 0 spiro atoms. The maximum absolute atomic E-state index is 12.2. The molecule has 2 aromatic rings. The van der Waals surface area contributed by atoms with Gasteiger partial charge in [-0.3, -0.25) is 4.79 Å². The Balaban J connectivity index is 1.66. The van der Waals surface area contributed by atoms with Crippen molar-refractivity contribution in [1.82, 2.24) is 0 Å². The SMILES string of the molecule is C[C@@H]1C(=O)C[C@H]2C[C@@H]1OO[C@@]2(C)C=Cc1ccc(Br)c2ccccc12. The molecule has 1 saturated heterocycles. The van der Waals surface area contributed by atoms with E-state index in [0.29, 0.717) is 6.42 Å². The molecule has 0 radical (unpaired) electrons. The molecule has 130 valence electrons. The monoisotopic (exact) mass is 400 g/mol. The van der Waals surface area contributed by atoms with Crippen LogP contribution in [0.4, 0.5) is 0 Å². The lowest BCUT2D eigenvalue weighted by molar-refractivity contribution is -0.415. The normalized spacial score (nSPS) is 32.4. The number of hydrogen-bond donors (Lipinski definition) is 0. The van der Waals surface area contributed by atoms with Crippen molar-refractivity contribution in [3.8, 4) is 0 Å². The lowest BCUT2D eigenvalue weighted by atomic mass is 9.71. The summed E-state index contributed by atoms with van der Waals surface area (Å²) in [5.74, 6) is 0.367. The minimum Gasteiger partial charge on any atom is -0.299 e. The van der Waals surface area contributed by atoms with Gasteiger partial charge < -0.3 is 0 Å². The fraction of sp³-hybridized carbons (Fsp3) is 0.381. The molecule has 3 nitrogen and oxygen atoms in total. The highest BCUT2D eigenvalue weighted by molar-refractivity contribution is 9.10. The first kappa shape index (κ1) is 17.0. The van der Waals surface area contributed by atoms with Crippen LogP contribution in [-0.2, 0) is 14.6 Å². The van der Waals surface area contributed by atoms with Gasteiger partial charge in [0.05, 0.1) is 0 Å². The predicted molar refractivity (Wildman–Crippen MR) is 102 cm³/mol. The van der Waals surface area contributed by atoms with E-state index in [1.165, 1.54) is 10.8 Å². The Morgan fingerprint density at radius 3 is 2.76 bits per heavy atom. The number of Topliss-reactive ketones (excluding diaryl/α,β-unsaturated/α-hetero) is 1. The molecule has 0 aromatic heterocycles. The van der Waals surface area contributed by atoms with Gasteiger partial charge in [-0.2, -0.15) is 0 Å². The van der Waals surface area contributed by atoms with Crippen LogP contribution in [0.2, 0.25) is 0 Å². The molecule has 0 amide bonds. The van der Waals surface area contributed by atoms with Gasteiger partial charge >= 0.3 is 0 Å². The molecule has 2 fully saturated rings. The van der Waals surface area contributed by atoms with Gasteiger partial charge in [0, 0.05) is 22.7 Å². The Morgan fingerprint density at radius 1 is 1.20 bits per heavy atom. The molecule has 25 heavy (non-hydrogen) atoms. The van der Waals surface area contributed by atoms with Gasteiger partial charge in [-0.15, -0.1) is 0 Å². The maximum atomic E-state index is 12.2. The third-order valence-electron chi connectivity index (χ3n) is 5.69. The molecule has 1 saturated carbocycles. The molecule has 0 N–H and O–H groups in total. The number of fused-ring (bicyclic) bond motifs is 3. The molecule has 2 bridgehead atoms. The van der Waals surface area contributed by atoms with Gasteiger partial charge in [-0.05, 0) is 41.8 Å². The first-order valence-electron chi connectivity index (χ1n) is 8.71. The smallest absolute Gasteiger partial charge is 0.138 e. The third kappa shape index (κ3) is 2.97. The summed E-state index contributed by atoms with van der Waals surface area (Å²) in [6, 6.07) is 12.4. The summed E-state index contributed by atoms with van der Waals surface area (Å²) in [7, 11) is 0. The average molecular weight is 401 g/mol. The molecule has 1 heterocycles. The average Bonchev–Trinajstić information content (AvgIpc) is 2.62. The van der Waals surface area contributed by atoms with Gasteiger partial charge in [-0.25, -0.2) is 9.78 Å². The molecule has 2 aromatic carbocycles. The summed E-state index contributed by atoms with van der Waals surface area (Å²) in [6.45, 7) is 3.94. The van der Waals surface area contributed by atoms with E-state index < -0.39 is 5.60 Å². The maximum Gasteiger partial charge on any atom is 0.138 e. The summed E-state index contributed by atoms with van der Waals surface area (Å²) < 4.78 is 1.08. The van der Waals surface area contributed by atoms with Gasteiger partial charge in [0.15, 0.2) is 0 Å². The Labute approximate surface area is 156 Å². The van der Waals surface area contributed by atoms with Gasteiger partial charge in [0.2, 0.25) is 0 Å². The number of hydrogen-bond acceptors (Lipinski definition) is 3. The van der Waals surface area contributed by atoms with Crippen molar-refractivity contribution in [3.63, 3.8) is 0 Å². The number of rotatable bonds is 2. The second kappa shape index (κ2) is 6.35. The highest BCUT2D eigenvalue weighted by Gasteiger charge is 2.48. The van der Waals surface area contributed by atoms with Crippen LogP contribution in [0.5, 0.6) is 0 Å². The van der Waals surface area contributed by atoms with E-state index in [9.17, 15) is 4.79 Å². The predicted octanol–water partition coefficient (Wildman–Crippen LogP) is 5.32. The van der Waals surface area contributed by atoms with Crippen LogP contribution in [-0.4, -0.2) is 17.5 Å². The summed E-state index contributed by atoms with van der Waals surface area (Å²) >= 11 is 3.61. The van der Waals surface area contributed by atoms with E-state index in [0.717, 1.165) is 16.5 Å². The standard InChI is InChI=1S/C21H21BrO3/c1-13-19(23)11-15-12-20(13)24-25-21(15,2)10-9-14-7-8-18(22)17-6-4-3-5-16(14)17/h3-10,13,15,20H,11-12H2,1-2H3/t13-,15+,20+,21+/m1/s1. The molecule has 4 rings (SSSR count). The lowest BCUT2D eigenvalue weighted by Gasteiger charge is -2.45. The van der Waals surface area contributed by atoms with Gasteiger partial charge in [-0.1, -0.05) is 59.3 Å². The van der Waals surface area contributed by atoms with Crippen LogP contribution in [0.25, 0.3) is 16.8 Å². The summed E-state index contributed by atoms with van der Waals surface area (Å²) in [4.78, 5) is 23.5. The highest BCUT2D eigenvalue weighted by atomic mass is 79.9. The van der Waals surface area contributed by atoms with Crippen molar-refractivity contribution >= 4 is 38.6 Å². The molecule has 1 aliphatic carbocycles. The number of halogens is 1. The Morgan fingerprint density at radius 2 is 1.96 bits per heavy atom. The van der Waals surface area contributed by atoms with E-state index in [1.807, 2.05) is 32.1 Å². The largest absolute Gasteiger partial charge is 0.299 e. The zero-order chi connectivity index (χ0) is 17.6. The fourth-order valence-electron chi connectivity index (χ4n) is 3.85. The topological polar surface area (TPSA) is 35.5 Å². The van der Waals surface area contributed by atoms with Crippen LogP contribution < -0.4 is 0 Å². The third-order valence-corrected chi connectivity index (χ3v) is 6.38. The molecule has 4 heteroatoms. The molecular weight excluding hydrogens is 380 g/mol. The molecular formula is C21H21BrO3. The van der Waals surface area contributed by atoms with Crippen LogP contribution in [0.3, 0.4) is 0 Å². The zero-order valence-corrected chi connectivity index (χ0v) is 16.0. The Bertz CT molecular complexity index is 859. The Kier molecular flexibility index (Phi) is 4.30. The van der Waals surface area contributed by atoms with Crippen LogP contribution >= 0.6 is 15.9 Å². The fourth-order valence-corrected chi connectivity index (χ4v) is 4.32.